The number of benzene rings is 1. The van der Waals surface area contributed by atoms with Gasteiger partial charge in [-0.25, -0.2) is 4.39 Å². The van der Waals surface area contributed by atoms with Gasteiger partial charge in [0, 0.05) is 44.1 Å². The molecule has 1 aliphatic rings. The Balaban J connectivity index is 2.14. The van der Waals surface area contributed by atoms with E-state index in [1.165, 1.54) is 4.90 Å². The number of nitro groups is 1. The van der Waals surface area contributed by atoms with Crippen molar-refractivity contribution in [1.29, 1.82) is 0 Å². The summed E-state index contributed by atoms with van der Waals surface area (Å²) < 4.78 is 13.3. The molecule has 1 aromatic rings. The van der Waals surface area contributed by atoms with Gasteiger partial charge in [0.05, 0.1) is 4.92 Å². The maximum absolute atomic E-state index is 13.3. The average molecular weight is 360 g/mol. The van der Waals surface area contributed by atoms with E-state index in [2.05, 4.69) is 20.8 Å². The van der Waals surface area contributed by atoms with Gasteiger partial charge in [0.25, 0.3) is 11.6 Å². The zero-order chi connectivity index (χ0) is 15.4. The predicted octanol–water partition coefficient (Wildman–Crippen LogP) is 1.89. The number of piperazine rings is 1. The number of nitrogens with zero attached hydrogens (tertiary/aromatic N) is 3. The van der Waals surface area contributed by atoms with Crippen LogP contribution >= 0.6 is 15.9 Å². The Morgan fingerprint density at radius 3 is 2.57 bits per heavy atom. The summed E-state index contributed by atoms with van der Waals surface area (Å²) in [6, 6.07) is 2.96. The van der Waals surface area contributed by atoms with Crippen LogP contribution in [0.5, 0.6) is 0 Å². The maximum Gasteiger partial charge on any atom is 0.282 e. The number of halogens is 2. The molecule has 0 aliphatic carbocycles. The van der Waals surface area contributed by atoms with Gasteiger partial charge >= 0.3 is 0 Å². The van der Waals surface area contributed by atoms with Crippen LogP contribution < -0.4 is 0 Å². The Morgan fingerprint density at radius 1 is 1.33 bits per heavy atom. The van der Waals surface area contributed by atoms with Gasteiger partial charge in [-0.05, 0) is 12.1 Å². The number of amides is 1. The summed E-state index contributed by atoms with van der Waals surface area (Å²) in [5.41, 5.74) is -0.543. The molecule has 0 atom stereocenters. The Labute approximate surface area is 129 Å². The normalized spacial score (nSPS) is 16.0. The molecule has 0 N–H and O–H groups in total. The molecule has 6 nitrogen and oxygen atoms in total. The van der Waals surface area contributed by atoms with Crippen LogP contribution in [0, 0.1) is 15.9 Å². The molecular weight excluding hydrogens is 345 g/mol. The quantitative estimate of drug-likeness (QED) is 0.467. The van der Waals surface area contributed by atoms with Gasteiger partial charge in [-0.3, -0.25) is 19.8 Å². The number of carbonyl (C=O) groups excluding carboxylic acids is 1. The van der Waals surface area contributed by atoms with E-state index in [9.17, 15) is 19.3 Å². The largest absolute Gasteiger partial charge is 0.336 e. The second-order valence-corrected chi connectivity index (χ2v) is 5.53. The number of carbonyl (C=O) groups is 1. The molecule has 21 heavy (non-hydrogen) atoms. The highest BCUT2D eigenvalue weighted by atomic mass is 79.9. The van der Waals surface area contributed by atoms with Crippen LogP contribution in [0.2, 0.25) is 0 Å². The number of nitro benzene ring substituents is 1. The molecule has 0 radical (unpaired) electrons. The van der Waals surface area contributed by atoms with Crippen molar-refractivity contribution in [3.05, 3.63) is 39.7 Å². The Bertz CT molecular complexity index is 547. The SMILES string of the molecule is O=C(c1cc(F)ccc1[N+](=O)[O-])N1CCN(CCBr)CC1. The van der Waals surface area contributed by atoms with Crippen LogP contribution in [0.15, 0.2) is 18.2 Å². The van der Waals surface area contributed by atoms with Gasteiger partial charge < -0.3 is 4.90 Å². The second-order valence-electron chi connectivity index (χ2n) is 4.74. The van der Waals surface area contributed by atoms with Crippen molar-refractivity contribution in [2.45, 2.75) is 0 Å². The average Bonchev–Trinajstić information content (AvgIpc) is 2.47. The zero-order valence-electron chi connectivity index (χ0n) is 11.3. The lowest BCUT2D eigenvalue weighted by molar-refractivity contribution is -0.385. The highest BCUT2D eigenvalue weighted by molar-refractivity contribution is 9.09. The van der Waals surface area contributed by atoms with Gasteiger partial charge in [-0.2, -0.15) is 0 Å². The van der Waals surface area contributed by atoms with E-state index in [1.807, 2.05) is 0 Å². The molecule has 0 spiro atoms. The Morgan fingerprint density at radius 2 is 2.00 bits per heavy atom. The first-order valence-corrected chi connectivity index (χ1v) is 7.66. The molecule has 2 rings (SSSR count). The van der Waals surface area contributed by atoms with E-state index in [4.69, 9.17) is 0 Å². The van der Waals surface area contributed by atoms with Crippen molar-refractivity contribution >= 4 is 27.5 Å². The van der Waals surface area contributed by atoms with E-state index in [0.29, 0.717) is 26.2 Å². The Kier molecular flexibility index (Phi) is 5.24. The van der Waals surface area contributed by atoms with Gasteiger partial charge in [-0.1, -0.05) is 15.9 Å². The van der Waals surface area contributed by atoms with Gasteiger partial charge in [0.15, 0.2) is 0 Å². The van der Waals surface area contributed by atoms with E-state index >= 15 is 0 Å². The molecule has 114 valence electrons. The fraction of sp³-hybridized carbons (Fsp3) is 0.462. The highest BCUT2D eigenvalue weighted by Gasteiger charge is 2.27. The van der Waals surface area contributed by atoms with Crippen molar-refractivity contribution in [3.8, 4) is 0 Å². The number of hydrogen-bond donors (Lipinski definition) is 0. The minimum Gasteiger partial charge on any atom is -0.336 e. The van der Waals surface area contributed by atoms with Crippen molar-refractivity contribution in [1.82, 2.24) is 9.80 Å². The van der Waals surface area contributed by atoms with Crippen LogP contribution in [0.3, 0.4) is 0 Å². The predicted molar refractivity (Wildman–Crippen MR) is 79.2 cm³/mol. The Hall–Kier alpha value is -1.54. The fourth-order valence-corrected chi connectivity index (χ4v) is 2.80. The van der Waals surface area contributed by atoms with E-state index in [-0.39, 0.29) is 11.3 Å². The van der Waals surface area contributed by atoms with Crippen molar-refractivity contribution in [2.24, 2.45) is 0 Å². The molecule has 0 aromatic heterocycles. The number of alkyl halides is 1. The molecule has 1 aliphatic heterocycles. The molecule has 0 unspecified atom stereocenters. The summed E-state index contributed by atoms with van der Waals surface area (Å²) in [7, 11) is 0. The lowest BCUT2D eigenvalue weighted by atomic mass is 10.1. The molecule has 1 saturated heterocycles. The first kappa shape index (κ1) is 15.8. The van der Waals surface area contributed by atoms with Gasteiger partial charge in [0.2, 0.25) is 0 Å². The third-order valence-electron chi connectivity index (χ3n) is 3.45. The lowest BCUT2D eigenvalue weighted by Gasteiger charge is -2.34. The first-order chi connectivity index (χ1) is 10.0. The van der Waals surface area contributed by atoms with E-state index < -0.39 is 16.6 Å². The van der Waals surface area contributed by atoms with Crippen LogP contribution in [0.25, 0.3) is 0 Å². The van der Waals surface area contributed by atoms with Gasteiger partial charge in [0.1, 0.15) is 11.4 Å². The third-order valence-corrected chi connectivity index (χ3v) is 3.80. The smallest absolute Gasteiger partial charge is 0.282 e. The molecule has 1 amide bonds. The van der Waals surface area contributed by atoms with E-state index in [0.717, 1.165) is 30.1 Å². The molecule has 8 heteroatoms. The standard InChI is InChI=1S/C13H15BrFN3O3/c14-3-4-16-5-7-17(8-6-16)13(19)11-9-10(15)1-2-12(11)18(20)21/h1-2,9H,3-8H2. The van der Waals surface area contributed by atoms with Crippen LogP contribution in [0.1, 0.15) is 10.4 Å². The van der Waals surface area contributed by atoms with Gasteiger partial charge in [-0.15, -0.1) is 0 Å². The molecule has 1 fully saturated rings. The summed E-state index contributed by atoms with van der Waals surface area (Å²) in [6.45, 7) is 3.28. The molecule has 0 bridgehead atoms. The highest BCUT2D eigenvalue weighted by Crippen LogP contribution is 2.22. The van der Waals surface area contributed by atoms with Crippen molar-refractivity contribution in [3.63, 3.8) is 0 Å². The minimum absolute atomic E-state index is 0.186. The topological polar surface area (TPSA) is 66.7 Å². The number of hydrogen-bond acceptors (Lipinski definition) is 4. The first-order valence-electron chi connectivity index (χ1n) is 6.54. The minimum atomic E-state index is -0.659. The fourth-order valence-electron chi connectivity index (χ4n) is 2.30. The maximum atomic E-state index is 13.3. The zero-order valence-corrected chi connectivity index (χ0v) is 12.9. The lowest BCUT2D eigenvalue weighted by Crippen LogP contribution is -2.49. The van der Waals surface area contributed by atoms with Crippen LogP contribution in [0.4, 0.5) is 10.1 Å². The molecule has 1 aromatic carbocycles. The summed E-state index contributed by atoms with van der Waals surface area (Å²) in [4.78, 5) is 26.4. The number of rotatable bonds is 4. The molecule has 1 heterocycles. The van der Waals surface area contributed by atoms with Crippen molar-refractivity contribution < 1.29 is 14.1 Å². The monoisotopic (exact) mass is 359 g/mol. The third kappa shape index (κ3) is 3.76. The summed E-state index contributed by atoms with van der Waals surface area (Å²) in [5.74, 6) is -1.14. The second kappa shape index (κ2) is 6.95. The van der Waals surface area contributed by atoms with E-state index in [1.54, 1.807) is 0 Å². The molecule has 0 saturated carbocycles. The molecular formula is C13H15BrFN3O3. The summed E-state index contributed by atoms with van der Waals surface area (Å²) >= 11 is 3.36. The van der Waals surface area contributed by atoms with Crippen LogP contribution in [-0.4, -0.2) is 58.7 Å². The van der Waals surface area contributed by atoms with Crippen LogP contribution in [-0.2, 0) is 0 Å². The van der Waals surface area contributed by atoms with Crippen molar-refractivity contribution in [2.75, 3.05) is 38.1 Å². The summed E-state index contributed by atoms with van der Waals surface area (Å²) in [5, 5.41) is 11.8. The summed E-state index contributed by atoms with van der Waals surface area (Å²) in [6.07, 6.45) is 0.